The average Bonchev–Trinajstić information content (AvgIpc) is 3.05. The highest BCUT2D eigenvalue weighted by atomic mass is 35.5. The topological polar surface area (TPSA) is 39.9 Å². The zero-order valence-corrected chi connectivity index (χ0v) is 16.1. The fraction of sp³-hybridized carbons (Fsp3) is 0.200. The fourth-order valence-electron chi connectivity index (χ4n) is 2.50. The van der Waals surface area contributed by atoms with Gasteiger partial charge >= 0.3 is 0 Å². The number of benzene rings is 2. The predicted molar refractivity (Wildman–Crippen MR) is 108 cm³/mol. The minimum absolute atomic E-state index is 0.650. The predicted octanol–water partition coefficient (Wildman–Crippen LogP) is 5.48. The van der Waals surface area contributed by atoms with Crippen molar-refractivity contribution in [1.29, 1.82) is 0 Å². The molecule has 2 aromatic carbocycles. The minimum atomic E-state index is 0.650. The van der Waals surface area contributed by atoms with E-state index in [0.717, 1.165) is 33.1 Å². The Balaban J connectivity index is 1.80. The Morgan fingerprint density at radius 1 is 1.12 bits per heavy atom. The quantitative estimate of drug-likeness (QED) is 0.380. The minimum Gasteiger partial charge on any atom is -0.494 e. The summed E-state index contributed by atoms with van der Waals surface area (Å²) < 4.78 is 7.58. The maximum atomic E-state index is 5.94. The number of halogens is 1. The van der Waals surface area contributed by atoms with Gasteiger partial charge in [-0.05, 0) is 48.9 Å². The van der Waals surface area contributed by atoms with Crippen LogP contribution in [0.25, 0.3) is 11.4 Å². The van der Waals surface area contributed by atoms with E-state index >= 15 is 0 Å². The van der Waals surface area contributed by atoms with Crippen molar-refractivity contribution in [2.45, 2.75) is 24.4 Å². The monoisotopic (exact) mass is 385 g/mol. The van der Waals surface area contributed by atoms with Gasteiger partial charge in [0.2, 0.25) is 0 Å². The lowest BCUT2D eigenvalue weighted by Gasteiger charge is -2.09. The molecule has 0 atom stereocenters. The number of ether oxygens (including phenoxy) is 1. The third kappa shape index (κ3) is 4.48. The van der Waals surface area contributed by atoms with Crippen LogP contribution in [-0.4, -0.2) is 21.4 Å². The molecule has 0 fully saturated rings. The molecular formula is C20H20ClN3OS. The highest BCUT2D eigenvalue weighted by molar-refractivity contribution is 7.98. The van der Waals surface area contributed by atoms with E-state index in [-0.39, 0.29) is 0 Å². The summed E-state index contributed by atoms with van der Waals surface area (Å²) in [4.78, 5) is 0. The maximum Gasteiger partial charge on any atom is 0.192 e. The molecule has 0 aliphatic carbocycles. The number of hydrogen-bond acceptors (Lipinski definition) is 4. The number of aromatic nitrogens is 3. The number of rotatable bonds is 8. The van der Waals surface area contributed by atoms with Crippen molar-refractivity contribution >= 4 is 23.4 Å². The average molecular weight is 386 g/mol. The van der Waals surface area contributed by atoms with E-state index < -0.39 is 0 Å². The van der Waals surface area contributed by atoms with Crippen LogP contribution in [0, 0.1) is 0 Å². The van der Waals surface area contributed by atoms with Gasteiger partial charge in [0.05, 0.1) is 6.61 Å². The van der Waals surface area contributed by atoms with Crippen LogP contribution < -0.4 is 4.74 Å². The summed E-state index contributed by atoms with van der Waals surface area (Å²) in [6, 6.07) is 15.8. The Labute approximate surface area is 162 Å². The van der Waals surface area contributed by atoms with Crippen molar-refractivity contribution in [1.82, 2.24) is 14.8 Å². The van der Waals surface area contributed by atoms with Gasteiger partial charge in [0.1, 0.15) is 5.75 Å². The molecule has 0 unspecified atom stereocenters. The number of nitrogens with zero attached hydrogens (tertiary/aromatic N) is 3. The Morgan fingerprint density at radius 3 is 2.50 bits per heavy atom. The van der Waals surface area contributed by atoms with Crippen molar-refractivity contribution in [3.63, 3.8) is 0 Å². The van der Waals surface area contributed by atoms with E-state index in [4.69, 9.17) is 16.3 Å². The van der Waals surface area contributed by atoms with Crippen LogP contribution in [0.4, 0.5) is 0 Å². The summed E-state index contributed by atoms with van der Waals surface area (Å²) in [7, 11) is 0. The number of hydrogen-bond donors (Lipinski definition) is 0. The van der Waals surface area contributed by atoms with Crippen molar-refractivity contribution in [2.75, 3.05) is 6.61 Å². The molecule has 4 nitrogen and oxygen atoms in total. The fourth-order valence-corrected chi connectivity index (χ4v) is 3.53. The Bertz CT molecular complexity index is 860. The number of thioether (sulfide) groups is 1. The molecule has 134 valence electrons. The summed E-state index contributed by atoms with van der Waals surface area (Å²) in [5.74, 6) is 2.48. The van der Waals surface area contributed by atoms with Crippen LogP contribution in [0.2, 0.25) is 5.02 Å². The van der Waals surface area contributed by atoms with Crippen LogP contribution in [0.5, 0.6) is 5.75 Å². The largest absolute Gasteiger partial charge is 0.494 e. The molecule has 0 spiro atoms. The third-order valence-electron chi connectivity index (χ3n) is 3.73. The van der Waals surface area contributed by atoms with Gasteiger partial charge < -0.3 is 4.74 Å². The van der Waals surface area contributed by atoms with Crippen molar-refractivity contribution in [3.8, 4) is 17.1 Å². The van der Waals surface area contributed by atoms with Crippen LogP contribution in [0.15, 0.2) is 66.3 Å². The zero-order chi connectivity index (χ0) is 18.4. The van der Waals surface area contributed by atoms with Crippen LogP contribution in [-0.2, 0) is 12.3 Å². The Kier molecular flexibility index (Phi) is 6.36. The van der Waals surface area contributed by atoms with E-state index in [1.165, 1.54) is 5.56 Å². The highest BCUT2D eigenvalue weighted by Crippen LogP contribution is 2.28. The molecule has 0 amide bonds. The normalized spacial score (nSPS) is 10.7. The zero-order valence-electron chi connectivity index (χ0n) is 14.6. The van der Waals surface area contributed by atoms with Gasteiger partial charge in [-0.25, -0.2) is 0 Å². The second-order valence-corrected chi connectivity index (χ2v) is 6.96. The van der Waals surface area contributed by atoms with Gasteiger partial charge in [-0.15, -0.1) is 16.8 Å². The highest BCUT2D eigenvalue weighted by Gasteiger charge is 2.13. The first kappa shape index (κ1) is 18.5. The molecule has 3 aromatic rings. The lowest BCUT2D eigenvalue weighted by Crippen LogP contribution is -2.01. The molecule has 6 heteroatoms. The maximum absolute atomic E-state index is 5.94. The van der Waals surface area contributed by atoms with Crippen LogP contribution in [0.3, 0.4) is 0 Å². The van der Waals surface area contributed by atoms with Crippen LogP contribution in [0.1, 0.15) is 12.5 Å². The van der Waals surface area contributed by atoms with Gasteiger partial charge in [0.15, 0.2) is 11.0 Å². The molecule has 0 saturated heterocycles. The van der Waals surface area contributed by atoms with E-state index in [1.54, 1.807) is 11.8 Å². The summed E-state index contributed by atoms with van der Waals surface area (Å²) in [5, 5.41) is 10.4. The standard InChI is InChI=1S/C20H20ClN3OS/c1-3-13-24-19(16-7-11-18(12-8-16)25-4-2)22-23-20(24)26-14-15-5-9-17(21)10-6-15/h3,5-12H,1,4,13-14H2,2H3. The summed E-state index contributed by atoms with van der Waals surface area (Å²) in [6.45, 7) is 7.13. The molecule has 1 aromatic heterocycles. The molecule has 0 N–H and O–H groups in total. The second kappa shape index (κ2) is 8.92. The first-order valence-electron chi connectivity index (χ1n) is 8.36. The number of allylic oxidation sites excluding steroid dienone is 1. The lowest BCUT2D eigenvalue weighted by atomic mass is 10.2. The van der Waals surface area contributed by atoms with Gasteiger partial charge in [0, 0.05) is 22.9 Å². The molecular weight excluding hydrogens is 366 g/mol. The second-order valence-electron chi connectivity index (χ2n) is 5.58. The van der Waals surface area contributed by atoms with Gasteiger partial charge in [-0.1, -0.05) is 41.6 Å². The molecule has 26 heavy (non-hydrogen) atoms. The molecule has 0 bridgehead atoms. The molecule has 0 aliphatic heterocycles. The van der Waals surface area contributed by atoms with Crippen molar-refractivity contribution < 1.29 is 4.74 Å². The van der Waals surface area contributed by atoms with Gasteiger partial charge in [0.25, 0.3) is 0 Å². The van der Waals surface area contributed by atoms with Crippen molar-refractivity contribution in [3.05, 3.63) is 71.8 Å². The SMILES string of the molecule is C=CCn1c(SCc2ccc(Cl)cc2)nnc1-c1ccc(OCC)cc1. The van der Waals surface area contributed by atoms with E-state index in [0.29, 0.717) is 13.2 Å². The molecule has 0 radical (unpaired) electrons. The molecule has 0 saturated carbocycles. The first-order chi connectivity index (χ1) is 12.7. The molecule has 0 aliphatic rings. The first-order valence-corrected chi connectivity index (χ1v) is 9.72. The van der Waals surface area contributed by atoms with Gasteiger partial charge in [-0.2, -0.15) is 0 Å². The summed E-state index contributed by atoms with van der Waals surface area (Å²) in [5.41, 5.74) is 2.19. The van der Waals surface area contributed by atoms with E-state index in [9.17, 15) is 0 Å². The third-order valence-corrected chi connectivity index (χ3v) is 5.02. The molecule has 1 heterocycles. The summed E-state index contributed by atoms with van der Waals surface area (Å²) in [6.07, 6.45) is 1.85. The lowest BCUT2D eigenvalue weighted by molar-refractivity contribution is 0.340. The Morgan fingerprint density at radius 2 is 1.85 bits per heavy atom. The summed E-state index contributed by atoms with van der Waals surface area (Å²) >= 11 is 7.59. The van der Waals surface area contributed by atoms with Crippen molar-refractivity contribution in [2.24, 2.45) is 0 Å². The Hall–Kier alpha value is -2.24. The van der Waals surface area contributed by atoms with E-state index in [1.807, 2.05) is 61.5 Å². The van der Waals surface area contributed by atoms with Crippen LogP contribution >= 0.6 is 23.4 Å². The van der Waals surface area contributed by atoms with E-state index in [2.05, 4.69) is 21.3 Å². The smallest absolute Gasteiger partial charge is 0.192 e. The van der Waals surface area contributed by atoms with Gasteiger partial charge in [-0.3, -0.25) is 4.57 Å². The molecule has 3 rings (SSSR count).